The minimum absolute atomic E-state index is 0.0380. The molecule has 2 rings (SSSR count). The first-order chi connectivity index (χ1) is 9.47. The first-order valence-corrected chi connectivity index (χ1v) is 5.68. The van der Waals surface area contributed by atoms with Crippen molar-refractivity contribution >= 4 is 17.6 Å². The summed E-state index contributed by atoms with van der Waals surface area (Å²) in [6.45, 7) is 0. The van der Waals surface area contributed by atoms with E-state index in [0.717, 1.165) is 0 Å². The summed E-state index contributed by atoms with van der Waals surface area (Å²) in [5.41, 5.74) is 11.3. The number of ether oxygens (including phenoxy) is 1. The summed E-state index contributed by atoms with van der Waals surface area (Å²) in [7, 11) is 0. The van der Waals surface area contributed by atoms with Crippen molar-refractivity contribution < 1.29 is 19.4 Å². The lowest BCUT2D eigenvalue weighted by atomic mass is 10.1. The van der Waals surface area contributed by atoms with E-state index in [-0.39, 0.29) is 11.3 Å². The molecule has 0 bridgehead atoms. The topological polar surface area (TPSA) is 116 Å². The number of hydrogen-bond acceptors (Lipinski definition) is 4. The van der Waals surface area contributed by atoms with E-state index in [4.69, 9.17) is 21.3 Å². The van der Waals surface area contributed by atoms with Crippen molar-refractivity contribution in [1.82, 2.24) is 0 Å². The maximum Gasteiger partial charge on any atom is 0.339 e. The second-order valence-electron chi connectivity index (χ2n) is 4.05. The van der Waals surface area contributed by atoms with Crippen LogP contribution in [0.5, 0.6) is 11.5 Å². The van der Waals surface area contributed by atoms with Crippen molar-refractivity contribution in [3.63, 3.8) is 0 Å². The van der Waals surface area contributed by atoms with E-state index in [1.807, 2.05) is 0 Å². The molecule has 0 aromatic heterocycles. The second kappa shape index (κ2) is 5.31. The molecular formula is C14H12N2O4. The van der Waals surface area contributed by atoms with Gasteiger partial charge in [-0.15, -0.1) is 0 Å². The number of nitrogens with two attached hydrogens (primary N) is 2. The largest absolute Gasteiger partial charge is 0.478 e. The number of aromatic carboxylic acids is 1. The van der Waals surface area contributed by atoms with Gasteiger partial charge in [-0.05, 0) is 42.5 Å². The van der Waals surface area contributed by atoms with Gasteiger partial charge in [-0.25, -0.2) is 4.79 Å². The Bertz CT molecular complexity index is 665. The molecule has 0 spiro atoms. The van der Waals surface area contributed by atoms with Gasteiger partial charge in [-0.2, -0.15) is 0 Å². The van der Waals surface area contributed by atoms with Crippen LogP contribution in [0.25, 0.3) is 0 Å². The molecule has 0 unspecified atom stereocenters. The molecule has 0 aliphatic carbocycles. The Morgan fingerprint density at radius 2 is 1.70 bits per heavy atom. The van der Waals surface area contributed by atoms with Crippen molar-refractivity contribution in [3.05, 3.63) is 53.6 Å². The molecule has 0 heterocycles. The van der Waals surface area contributed by atoms with Gasteiger partial charge in [0.1, 0.15) is 17.1 Å². The lowest BCUT2D eigenvalue weighted by molar-refractivity contribution is 0.0694. The summed E-state index contributed by atoms with van der Waals surface area (Å²) in [5.74, 6) is -1.13. The number of benzene rings is 2. The standard InChI is InChI=1S/C14H12N2O4/c15-9-3-6-12(11(7-9)14(18)19)20-10-4-1-8(2-5-10)13(16)17/h1-7H,15H2,(H2,16,17)(H,18,19). The fraction of sp³-hybridized carbons (Fsp3) is 0. The highest BCUT2D eigenvalue weighted by Crippen LogP contribution is 2.27. The lowest BCUT2D eigenvalue weighted by Gasteiger charge is -2.09. The minimum atomic E-state index is -1.14. The zero-order valence-electron chi connectivity index (χ0n) is 10.4. The summed E-state index contributed by atoms with van der Waals surface area (Å²) < 4.78 is 5.47. The summed E-state index contributed by atoms with van der Waals surface area (Å²) >= 11 is 0. The average molecular weight is 272 g/mol. The molecule has 5 N–H and O–H groups in total. The normalized spacial score (nSPS) is 10.0. The number of carbonyl (C=O) groups is 2. The SMILES string of the molecule is NC(=O)c1ccc(Oc2ccc(N)cc2C(=O)O)cc1. The molecule has 0 fully saturated rings. The van der Waals surface area contributed by atoms with Crippen LogP contribution in [0.3, 0.4) is 0 Å². The number of carbonyl (C=O) groups excluding carboxylic acids is 1. The quantitative estimate of drug-likeness (QED) is 0.734. The zero-order chi connectivity index (χ0) is 14.7. The highest BCUT2D eigenvalue weighted by molar-refractivity contribution is 5.93. The van der Waals surface area contributed by atoms with Crippen LogP contribution < -0.4 is 16.2 Å². The number of nitrogen functional groups attached to an aromatic ring is 1. The van der Waals surface area contributed by atoms with Gasteiger partial charge in [0.2, 0.25) is 5.91 Å². The van der Waals surface area contributed by atoms with E-state index in [0.29, 0.717) is 17.0 Å². The van der Waals surface area contributed by atoms with Gasteiger partial charge in [0.15, 0.2) is 0 Å². The smallest absolute Gasteiger partial charge is 0.339 e. The number of carboxylic acid groups (broad SMARTS) is 1. The van der Waals surface area contributed by atoms with E-state index >= 15 is 0 Å². The molecule has 2 aromatic rings. The number of carboxylic acids is 1. The molecule has 2 aromatic carbocycles. The third kappa shape index (κ3) is 2.86. The Hall–Kier alpha value is -3.02. The van der Waals surface area contributed by atoms with E-state index < -0.39 is 11.9 Å². The first kappa shape index (κ1) is 13.4. The van der Waals surface area contributed by atoms with Gasteiger partial charge in [0, 0.05) is 11.3 Å². The molecule has 102 valence electrons. The van der Waals surface area contributed by atoms with E-state index in [1.54, 1.807) is 6.07 Å². The monoisotopic (exact) mass is 272 g/mol. The molecule has 6 heteroatoms. The van der Waals surface area contributed by atoms with Crippen molar-refractivity contribution in [2.24, 2.45) is 5.73 Å². The van der Waals surface area contributed by atoms with E-state index in [1.165, 1.54) is 36.4 Å². The highest BCUT2D eigenvalue weighted by atomic mass is 16.5. The van der Waals surface area contributed by atoms with Gasteiger partial charge >= 0.3 is 5.97 Å². The second-order valence-corrected chi connectivity index (χ2v) is 4.05. The molecule has 1 amide bonds. The van der Waals surface area contributed by atoms with Gasteiger partial charge in [0.05, 0.1) is 0 Å². The third-order valence-corrected chi connectivity index (χ3v) is 2.60. The molecule has 0 aliphatic rings. The Kier molecular flexibility index (Phi) is 3.56. The summed E-state index contributed by atoms with van der Waals surface area (Å²) in [6.07, 6.45) is 0. The summed E-state index contributed by atoms with van der Waals surface area (Å²) in [4.78, 5) is 22.1. The van der Waals surface area contributed by atoms with Gasteiger partial charge in [-0.1, -0.05) is 0 Å². The Morgan fingerprint density at radius 1 is 1.05 bits per heavy atom. The summed E-state index contributed by atoms with van der Waals surface area (Å²) in [6, 6.07) is 10.4. The van der Waals surface area contributed by atoms with Crippen LogP contribution in [0.15, 0.2) is 42.5 Å². The molecule has 0 radical (unpaired) electrons. The van der Waals surface area contributed by atoms with Crippen LogP contribution in [0, 0.1) is 0 Å². The Morgan fingerprint density at radius 3 is 2.25 bits per heavy atom. The highest BCUT2D eigenvalue weighted by Gasteiger charge is 2.12. The first-order valence-electron chi connectivity index (χ1n) is 5.68. The molecule has 0 atom stereocenters. The number of rotatable bonds is 4. The molecule has 0 aliphatic heterocycles. The van der Waals surface area contributed by atoms with Crippen LogP contribution in [0.4, 0.5) is 5.69 Å². The van der Waals surface area contributed by atoms with Crippen LogP contribution in [-0.4, -0.2) is 17.0 Å². The van der Waals surface area contributed by atoms with Crippen molar-refractivity contribution in [1.29, 1.82) is 0 Å². The fourth-order valence-electron chi connectivity index (χ4n) is 1.62. The Balaban J connectivity index is 2.30. The van der Waals surface area contributed by atoms with Gasteiger partial charge < -0.3 is 21.3 Å². The molecular weight excluding hydrogens is 260 g/mol. The predicted molar refractivity (Wildman–Crippen MR) is 72.8 cm³/mol. The zero-order valence-corrected chi connectivity index (χ0v) is 10.4. The lowest BCUT2D eigenvalue weighted by Crippen LogP contribution is -2.10. The summed E-state index contributed by atoms with van der Waals surface area (Å²) in [5, 5.41) is 9.09. The van der Waals surface area contributed by atoms with Crippen LogP contribution in [-0.2, 0) is 0 Å². The molecule has 0 saturated carbocycles. The Labute approximate surface area is 114 Å². The van der Waals surface area contributed by atoms with Gasteiger partial charge in [0.25, 0.3) is 0 Å². The van der Waals surface area contributed by atoms with Crippen LogP contribution in [0.1, 0.15) is 20.7 Å². The van der Waals surface area contributed by atoms with Crippen molar-refractivity contribution in [2.75, 3.05) is 5.73 Å². The van der Waals surface area contributed by atoms with Gasteiger partial charge in [-0.3, -0.25) is 4.79 Å². The third-order valence-electron chi connectivity index (χ3n) is 2.60. The molecule has 0 saturated heterocycles. The molecule has 20 heavy (non-hydrogen) atoms. The number of anilines is 1. The minimum Gasteiger partial charge on any atom is -0.478 e. The number of amides is 1. The predicted octanol–water partition coefficient (Wildman–Crippen LogP) is 1.86. The number of primary amides is 1. The fourth-order valence-corrected chi connectivity index (χ4v) is 1.62. The van der Waals surface area contributed by atoms with Crippen LogP contribution in [0.2, 0.25) is 0 Å². The van der Waals surface area contributed by atoms with Crippen molar-refractivity contribution in [3.8, 4) is 11.5 Å². The molecule has 6 nitrogen and oxygen atoms in total. The number of hydrogen-bond donors (Lipinski definition) is 3. The van der Waals surface area contributed by atoms with E-state index in [9.17, 15) is 9.59 Å². The van der Waals surface area contributed by atoms with E-state index in [2.05, 4.69) is 0 Å². The average Bonchev–Trinajstić information content (AvgIpc) is 2.41. The maximum atomic E-state index is 11.1. The van der Waals surface area contributed by atoms with Crippen LogP contribution >= 0.6 is 0 Å². The van der Waals surface area contributed by atoms with Crippen molar-refractivity contribution in [2.45, 2.75) is 0 Å². The maximum absolute atomic E-state index is 11.1.